The van der Waals surface area contributed by atoms with E-state index in [9.17, 15) is 19.4 Å². The van der Waals surface area contributed by atoms with Crippen molar-refractivity contribution in [3.05, 3.63) is 146 Å². The van der Waals surface area contributed by atoms with Gasteiger partial charge >= 0.3 is 0 Å². The molecule has 408 valence electrons. The van der Waals surface area contributed by atoms with Crippen molar-refractivity contribution in [1.82, 2.24) is 5.32 Å². The maximum absolute atomic E-state index is 12.9. The fourth-order valence-corrected chi connectivity index (χ4v) is 7.86. The number of aliphatic hydroxyl groups excluding tert-OH is 1. The van der Waals surface area contributed by atoms with Gasteiger partial charge in [-0.25, -0.2) is 0 Å². The lowest BCUT2D eigenvalue weighted by atomic mass is 10.1. The van der Waals surface area contributed by atoms with E-state index in [-0.39, 0.29) is 12.5 Å². The number of rotatable bonds is 49. The Morgan fingerprint density at radius 2 is 0.861 bits per heavy atom. The molecule has 0 aliphatic rings. The number of phosphoric ester groups is 1. The van der Waals surface area contributed by atoms with E-state index in [0.29, 0.717) is 17.4 Å². The van der Waals surface area contributed by atoms with Gasteiger partial charge in [0.1, 0.15) is 13.2 Å². The van der Waals surface area contributed by atoms with Gasteiger partial charge in [-0.2, -0.15) is 0 Å². The molecule has 8 nitrogen and oxygen atoms in total. The van der Waals surface area contributed by atoms with Gasteiger partial charge in [0.15, 0.2) is 0 Å². The smallest absolute Gasteiger partial charge is 0.268 e. The lowest BCUT2D eigenvalue weighted by Crippen LogP contribution is -2.45. The monoisotopic (exact) mass is 1020 g/mol. The SMILES string of the molecule is CC/C=C\C/C=C\C/C=C\C/C=C\C/C=C\C/C=C\C/C=C\C/C=C\C/C=C\C/C=C\CCCCCCCCCCC(=O)NC(COP(=O)([O-])OCC[N+](C)(C)C)C(O)/C=C/CC/C=C/CCCCCCC. The number of quaternary nitrogens is 1. The maximum Gasteiger partial charge on any atom is 0.268 e. The molecule has 0 bridgehead atoms. The molecule has 1 amide bonds. The summed E-state index contributed by atoms with van der Waals surface area (Å²) in [6.45, 7) is 4.45. The summed E-state index contributed by atoms with van der Waals surface area (Å²) < 4.78 is 23.2. The summed E-state index contributed by atoms with van der Waals surface area (Å²) in [4.78, 5) is 25.4. The minimum absolute atomic E-state index is 0.0157. The number of likely N-dealkylation sites (N-methyl/N-ethyl adjacent to an activating group) is 1. The van der Waals surface area contributed by atoms with Gasteiger partial charge in [0.2, 0.25) is 5.91 Å². The highest BCUT2D eigenvalue weighted by molar-refractivity contribution is 7.45. The molecule has 2 N–H and O–H groups in total. The summed E-state index contributed by atoms with van der Waals surface area (Å²) in [5.41, 5.74) is 0. The third-order valence-electron chi connectivity index (χ3n) is 11.5. The van der Waals surface area contributed by atoms with Crippen LogP contribution in [-0.2, 0) is 18.4 Å². The third kappa shape index (κ3) is 54.2. The number of hydrogen-bond donors (Lipinski definition) is 2. The Morgan fingerprint density at radius 3 is 1.29 bits per heavy atom. The predicted molar refractivity (Wildman–Crippen MR) is 311 cm³/mol. The highest BCUT2D eigenvalue weighted by Crippen LogP contribution is 2.38. The summed E-state index contributed by atoms with van der Waals surface area (Å²) in [6.07, 6.45) is 80.8. The third-order valence-corrected chi connectivity index (χ3v) is 12.5. The first-order valence-corrected chi connectivity index (χ1v) is 29.7. The number of unbranched alkanes of at least 4 members (excludes halogenated alkanes) is 14. The fraction of sp³-hybridized carbons (Fsp3) is 0.603. The summed E-state index contributed by atoms with van der Waals surface area (Å²) in [5, 5.41) is 13.8. The van der Waals surface area contributed by atoms with Crippen LogP contribution in [0.4, 0.5) is 0 Å². The van der Waals surface area contributed by atoms with Crippen LogP contribution >= 0.6 is 7.82 Å². The second kappa shape index (κ2) is 52.3. The summed E-state index contributed by atoms with van der Waals surface area (Å²) in [7, 11) is 1.21. The van der Waals surface area contributed by atoms with Crippen LogP contribution in [0, 0.1) is 0 Å². The van der Waals surface area contributed by atoms with Crippen LogP contribution < -0.4 is 10.2 Å². The average Bonchev–Trinajstić information content (AvgIpc) is 3.34. The zero-order chi connectivity index (χ0) is 52.7. The van der Waals surface area contributed by atoms with Crippen molar-refractivity contribution in [1.29, 1.82) is 0 Å². The number of phosphoric acid groups is 1. The highest BCUT2D eigenvalue weighted by atomic mass is 31.2. The Labute approximate surface area is 442 Å². The maximum atomic E-state index is 12.9. The molecule has 72 heavy (non-hydrogen) atoms. The van der Waals surface area contributed by atoms with Crippen molar-refractivity contribution in [2.75, 3.05) is 40.9 Å². The number of nitrogens with zero attached hydrogens (tertiary/aromatic N) is 1. The number of allylic oxidation sites excluding steroid dienone is 23. The largest absolute Gasteiger partial charge is 0.756 e. The van der Waals surface area contributed by atoms with Crippen LogP contribution in [0.1, 0.15) is 194 Å². The quantitative estimate of drug-likeness (QED) is 0.0272. The zero-order valence-electron chi connectivity index (χ0n) is 46.3. The molecule has 9 heteroatoms. The molecule has 0 rings (SSSR count). The van der Waals surface area contributed by atoms with Crippen molar-refractivity contribution in [3.63, 3.8) is 0 Å². The van der Waals surface area contributed by atoms with Gasteiger partial charge in [0, 0.05) is 6.42 Å². The molecule has 0 aromatic rings. The summed E-state index contributed by atoms with van der Waals surface area (Å²) >= 11 is 0. The van der Waals surface area contributed by atoms with E-state index < -0.39 is 26.6 Å². The van der Waals surface area contributed by atoms with Crippen LogP contribution in [0.15, 0.2) is 146 Å². The molecule has 0 heterocycles. The van der Waals surface area contributed by atoms with Gasteiger partial charge < -0.3 is 28.8 Å². The molecule has 0 aromatic heterocycles. The van der Waals surface area contributed by atoms with Gasteiger partial charge in [-0.3, -0.25) is 9.36 Å². The van der Waals surface area contributed by atoms with Crippen LogP contribution in [0.5, 0.6) is 0 Å². The van der Waals surface area contributed by atoms with Crippen molar-refractivity contribution in [2.24, 2.45) is 0 Å². The van der Waals surface area contributed by atoms with Crippen LogP contribution in [-0.4, -0.2) is 68.5 Å². The molecule has 3 unspecified atom stereocenters. The van der Waals surface area contributed by atoms with Gasteiger partial charge in [-0.15, -0.1) is 0 Å². The topological polar surface area (TPSA) is 108 Å². The Balaban J connectivity index is 4.13. The van der Waals surface area contributed by atoms with E-state index in [1.807, 2.05) is 27.2 Å². The summed E-state index contributed by atoms with van der Waals surface area (Å²) in [6, 6.07) is -0.917. The minimum Gasteiger partial charge on any atom is -0.756 e. The second-order valence-electron chi connectivity index (χ2n) is 19.5. The number of carbonyl (C=O) groups is 1. The van der Waals surface area contributed by atoms with Gasteiger partial charge in [0.25, 0.3) is 7.82 Å². The zero-order valence-corrected chi connectivity index (χ0v) is 47.2. The van der Waals surface area contributed by atoms with E-state index in [1.54, 1.807) is 6.08 Å². The first kappa shape index (κ1) is 68.4. The van der Waals surface area contributed by atoms with Gasteiger partial charge in [0.05, 0.1) is 39.9 Å². The Hall–Kier alpha value is -3.62. The molecular formula is C63H105N2O6P. The van der Waals surface area contributed by atoms with Crippen molar-refractivity contribution >= 4 is 13.7 Å². The minimum atomic E-state index is -4.61. The lowest BCUT2D eigenvalue weighted by Gasteiger charge is -2.29. The molecule has 0 radical (unpaired) electrons. The van der Waals surface area contributed by atoms with Crippen molar-refractivity contribution in [3.8, 4) is 0 Å². The Bertz CT molecular complexity index is 1670. The molecule has 0 aliphatic heterocycles. The first-order chi connectivity index (χ1) is 35.0. The molecule has 0 aliphatic carbocycles. The van der Waals surface area contributed by atoms with E-state index in [2.05, 4.69) is 153 Å². The fourth-order valence-electron chi connectivity index (χ4n) is 7.14. The normalized spacial score (nSPS) is 15.0. The number of nitrogens with one attached hydrogen (secondary N) is 1. The Kier molecular flexibility index (Phi) is 49.6. The first-order valence-electron chi connectivity index (χ1n) is 28.2. The predicted octanol–water partition coefficient (Wildman–Crippen LogP) is 16.7. The average molecular weight is 1020 g/mol. The molecule has 0 aromatic carbocycles. The van der Waals surface area contributed by atoms with Crippen LogP contribution in [0.2, 0.25) is 0 Å². The molecule has 0 spiro atoms. The number of carbonyl (C=O) groups excluding carboxylic acids is 1. The van der Waals surface area contributed by atoms with E-state index in [0.717, 1.165) is 116 Å². The molecular weight excluding hydrogens is 912 g/mol. The highest BCUT2D eigenvalue weighted by Gasteiger charge is 2.23. The Morgan fingerprint density at radius 1 is 0.500 bits per heavy atom. The number of hydrogen-bond acceptors (Lipinski definition) is 6. The standard InChI is InChI=1S/C63H105N2O6P/c1-6-8-10-12-14-16-18-19-20-21-22-23-24-25-26-27-28-29-30-31-32-33-34-35-36-37-38-39-40-41-42-43-44-45-47-49-51-53-55-57-63(67)64-61(60-71-72(68,69)70-59-58-65(3,4)5)62(66)56-54-52-50-48-46-17-15-13-11-9-7-2/h8,10,14,16,19-20,22-23,25-26,28-29,31-32,34-35,37-38,40-41,46,48,54,56,61-62,66H,6-7,9,11-13,15,17-18,21,24,27,30,33,36,39,42-45,47,49-53,55,57-60H2,1-5H3,(H-,64,67,68,69)/b10-8-,16-14-,20-19-,23-22-,26-25-,29-28-,32-31-,35-34-,38-37-,41-40-,48-46+,56-54+. The second-order valence-corrected chi connectivity index (χ2v) is 21.0. The molecule has 0 saturated heterocycles. The number of amides is 1. The van der Waals surface area contributed by atoms with Gasteiger partial charge in [-0.1, -0.05) is 224 Å². The summed E-state index contributed by atoms with van der Waals surface area (Å²) in [5.74, 6) is -0.225. The molecule has 3 atom stereocenters. The molecule has 0 saturated carbocycles. The van der Waals surface area contributed by atoms with Crippen LogP contribution in [0.25, 0.3) is 0 Å². The van der Waals surface area contributed by atoms with E-state index in [4.69, 9.17) is 9.05 Å². The van der Waals surface area contributed by atoms with E-state index in [1.165, 1.54) is 57.8 Å². The van der Waals surface area contributed by atoms with Crippen molar-refractivity contribution < 1.29 is 32.9 Å². The number of aliphatic hydroxyl groups is 1. The van der Waals surface area contributed by atoms with E-state index >= 15 is 0 Å². The molecule has 0 fully saturated rings. The van der Waals surface area contributed by atoms with Crippen LogP contribution in [0.3, 0.4) is 0 Å². The lowest BCUT2D eigenvalue weighted by molar-refractivity contribution is -0.870. The van der Waals surface area contributed by atoms with Crippen molar-refractivity contribution in [2.45, 2.75) is 206 Å². The van der Waals surface area contributed by atoms with Gasteiger partial charge in [-0.05, 0) is 109 Å².